The van der Waals surface area contributed by atoms with Crippen molar-refractivity contribution in [1.29, 1.82) is 0 Å². The molecule has 0 aromatic heterocycles. The van der Waals surface area contributed by atoms with E-state index in [9.17, 15) is 4.79 Å². The Morgan fingerprint density at radius 3 is 2.45 bits per heavy atom. The third kappa shape index (κ3) is 0.805. The van der Waals surface area contributed by atoms with Crippen LogP contribution in [0.15, 0.2) is 0 Å². The van der Waals surface area contributed by atoms with Gasteiger partial charge in [-0.15, -0.1) is 0 Å². The van der Waals surface area contributed by atoms with Gasteiger partial charge >= 0.3 is 5.97 Å². The minimum absolute atomic E-state index is 0.0201. The van der Waals surface area contributed by atoms with Crippen LogP contribution in [-0.4, -0.2) is 25.3 Å². The van der Waals surface area contributed by atoms with Crippen LogP contribution in [0.2, 0.25) is 0 Å². The van der Waals surface area contributed by atoms with E-state index in [1.807, 2.05) is 6.92 Å². The summed E-state index contributed by atoms with van der Waals surface area (Å²) in [5.41, 5.74) is -0.168. The van der Waals surface area contributed by atoms with Crippen molar-refractivity contribution in [3.63, 3.8) is 0 Å². The molecule has 2 fully saturated rings. The average molecular weight is 156 g/mol. The summed E-state index contributed by atoms with van der Waals surface area (Å²) in [5.74, 6) is -0.0201. The zero-order valence-electron chi connectivity index (χ0n) is 6.63. The number of cyclic esters (lactones) is 1. The highest BCUT2D eigenvalue weighted by molar-refractivity contribution is 5.83. The van der Waals surface area contributed by atoms with E-state index in [0.29, 0.717) is 13.2 Å². The van der Waals surface area contributed by atoms with Crippen LogP contribution in [0.25, 0.3) is 0 Å². The molecule has 0 amide bonds. The van der Waals surface area contributed by atoms with Gasteiger partial charge < -0.3 is 9.47 Å². The van der Waals surface area contributed by atoms with Gasteiger partial charge in [0.1, 0.15) is 11.5 Å². The van der Waals surface area contributed by atoms with Crippen LogP contribution < -0.4 is 0 Å². The number of ether oxygens (including phenoxy) is 2. The van der Waals surface area contributed by atoms with Gasteiger partial charge in [0.15, 0.2) is 0 Å². The molecule has 1 unspecified atom stereocenters. The molecule has 0 aliphatic carbocycles. The molecule has 0 N–H and O–H groups in total. The lowest BCUT2D eigenvalue weighted by molar-refractivity contribution is -0.216. The first-order chi connectivity index (χ1) is 5.26. The molecule has 1 atom stereocenters. The predicted molar refractivity (Wildman–Crippen MR) is 38.0 cm³/mol. The van der Waals surface area contributed by atoms with Crippen molar-refractivity contribution in [2.45, 2.75) is 25.9 Å². The Balaban J connectivity index is 2.12. The topological polar surface area (TPSA) is 35.5 Å². The summed E-state index contributed by atoms with van der Waals surface area (Å²) >= 11 is 0. The molecule has 3 heteroatoms. The van der Waals surface area contributed by atoms with Crippen LogP contribution in [0, 0.1) is 5.41 Å². The first-order valence-electron chi connectivity index (χ1n) is 4.04. The second kappa shape index (κ2) is 2.21. The summed E-state index contributed by atoms with van der Waals surface area (Å²) in [6.07, 6.45) is 1.79. The number of carbonyl (C=O) groups is 1. The van der Waals surface area contributed by atoms with Gasteiger partial charge in [0.25, 0.3) is 0 Å². The van der Waals surface area contributed by atoms with E-state index in [0.717, 1.165) is 12.8 Å². The molecular formula is C8H12O3. The van der Waals surface area contributed by atoms with Crippen molar-refractivity contribution in [3.8, 4) is 0 Å². The molecule has 0 saturated carbocycles. The van der Waals surface area contributed by atoms with Gasteiger partial charge in [-0.3, -0.25) is 4.79 Å². The molecule has 3 nitrogen and oxygen atoms in total. The Bertz CT molecular complexity index is 182. The predicted octanol–water partition coefficient (Wildman–Crippen LogP) is 0.728. The molecule has 1 spiro atoms. The zero-order valence-corrected chi connectivity index (χ0v) is 6.63. The van der Waals surface area contributed by atoms with Crippen molar-refractivity contribution < 1.29 is 14.3 Å². The van der Waals surface area contributed by atoms with Crippen molar-refractivity contribution in [3.05, 3.63) is 0 Å². The standard InChI is InChI=1S/C8H12O3/c1-6-8(7(9)11-6)2-4-10-5-3-8/h6H,2-5H2,1H3. The van der Waals surface area contributed by atoms with Gasteiger partial charge in [-0.2, -0.15) is 0 Å². The van der Waals surface area contributed by atoms with Gasteiger partial charge in [0.2, 0.25) is 0 Å². The van der Waals surface area contributed by atoms with Gasteiger partial charge in [-0.25, -0.2) is 0 Å². The van der Waals surface area contributed by atoms with Crippen molar-refractivity contribution in [1.82, 2.24) is 0 Å². The lowest BCUT2D eigenvalue weighted by Crippen LogP contribution is -2.57. The first-order valence-corrected chi connectivity index (χ1v) is 4.04. The Kier molecular flexibility index (Phi) is 1.42. The van der Waals surface area contributed by atoms with Crippen molar-refractivity contribution >= 4 is 5.97 Å². The largest absolute Gasteiger partial charge is 0.461 e. The maximum Gasteiger partial charge on any atom is 0.316 e. The third-order valence-corrected chi connectivity index (χ3v) is 2.85. The minimum Gasteiger partial charge on any atom is -0.461 e. The summed E-state index contributed by atoms with van der Waals surface area (Å²) in [5, 5.41) is 0. The zero-order chi connectivity index (χ0) is 7.90. The fourth-order valence-electron chi connectivity index (χ4n) is 1.84. The van der Waals surface area contributed by atoms with Gasteiger partial charge in [0, 0.05) is 13.2 Å². The van der Waals surface area contributed by atoms with Gasteiger partial charge in [-0.05, 0) is 19.8 Å². The normalized spacial score (nSPS) is 34.6. The van der Waals surface area contributed by atoms with E-state index in [1.54, 1.807) is 0 Å². The molecule has 2 rings (SSSR count). The average Bonchev–Trinajstić information content (AvgIpc) is 2.07. The number of carbonyl (C=O) groups excluding carboxylic acids is 1. The molecule has 2 saturated heterocycles. The molecule has 2 aliphatic heterocycles. The van der Waals surface area contributed by atoms with Crippen LogP contribution in [0.4, 0.5) is 0 Å². The highest BCUT2D eigenvalue weighted by atomic mass is 16.6. The molecule has 0 bridgehead atoms. The fraction of sp³-hybridized carbons (Fsp3) is 0.875. The molecular weight excluding hydrogens is 144 g/mol. The van der Waals surface area contributed by atoms with Crippen LogP contribution in [-0.2, 0) is 14.3 Å². The second-order valence-electron chi connectivity index (χ2n) is 3.32. The van der Waals surface area contributed by atoms with Crippen molar-refractivity contribution in [2.75, 3.05) is 13.2 Å². The van der Waals surface area contributed by atoms with Crippen molar-refractivity contribution in [2.24, 2.45) is 5.41 Å². The van der Waals surface area contributed by atoms with E-state index in [-0.39, 0.29) is 17.5 Å². The van der Waals surface area contributed by atoms with E-state index in [4.69, 9.17) is 9.47 Å². The monoisotopic (exact) mass is 156 g/mol. The Morgan fingerprint density at radius 1 is 1.45 bits per heavy atom. The summed E-state index contributed by atoms with van der Waals surface area (Å²) in [4.78, 5) is 11.1. The first kappa shape index (κ1) is 7.10. The van der Waals surface area contributed by atoms with E-state index in [2.05, 4.69) is 0 Å². The number of hydrogen-bond donors (Lipinski definition) is 0. The maximum absolute atomic E-state index is 11.1. The Labute approximate surface area is 65.7 Å². The molecule has 62 valence electrons. The summed E-state index contributed by atoms with van der Waals surface area (Å²) in [6, 6.07) is 0. The highest BCUT2D eigenvalue weighted by Crippen LogP contribution is 2.44. The summed E-state index contributed by atoms with van der Waals surface area (Å²) < 4.78 is 10.1. The number of hydrogen-bond acceptors (Lipinski definition) is 3. The number of rotatable bonds is 0. The van der Waals surface area contributed by atoms with E-state index in [1.165, 1.54) is 0 Å². The molecule has 2 aliphatic rings. The van der Waals surface area contributed by atoms with E-state index < -0.39 is 0 Å². The summed E-state index contributed by atoms with van der Waals surface area (Å²) in [6.45, 7) is 3.38. The van der Waals surface area contributed by atoms with Crippen LogP contribution in [0.5, 0.6) is 0 Å². The van der Waals surface area contributed by atoms with Crippen LogP contribution in [0.1, 0.15) is 19.8 Å². The highest BCUT2D eigenvalue weighted by Gasteiger charge is 2.55. The molecule has 0 aromatic rings. The molecule has 0 radical (unpaired) electrons. The van der Waals surface area contributed by atoms with E-state index >= 15 is 0 Å². The quantitative estimate of drug-likeness (QED) is 0.485. The van der Waals surface area contributed by atoms with Crippen LogP contribution in [0.3, 0.4) is 0 Å². The second-order valence-corrected chi connectivity index (χ2v) is 3.32. The third-order valence-electron chi connectivity index (χ3n) is 2.85. The molecule has 0 aromatic carbocycles. The Morgan fingerprint density at radius 2 is 2.09 bits per heavy atom. The molecule has 11 heavy (non-hydrogen) atoms. The lowest BCUT2D eigenvalue weighted by Gasteiger charge is -2.47. The minimum atomic E-state index is -0.168. The molecule has 2 heterocycles. The maximum atomic E-state index is 11.1. The SMILES string of the molecule is CC1OC(=O)C12CCOCC2. The smallest absolute Gasteiger partial charge is 0.316 e. The van der Waals surface area contributed by atoms with Gasteiger partial charge in [0.05, 0.1) is 0 Å². The number of esters is 1. The van der Waals surface area contributed by atoms with Gasteiger partial charge in [-0.1, -0.05) is 0 Å². The van der Waals surface area contributed by atoms with Crippen LogP contribution >= 0.6 is 0 Å². The fourth-order valence-corrected chi connectivity index (χ4v) is 1.84. The Hall–Kier alpha value is -0.570. The lowest BCUT2D eigenvalue weighted by atomic mass is 9.72. The summed E-state index contributed by atoms with van der Waals surface area (Å²) in [7, 11) is 0.